The van der Waals surface area contributed by atoms with Crippen molar-refractivity contribution in [3.8, 4) is 0 Å². The highest BCUT2D eigenvalue weighted by atomic mass is 32.2. The van der Waals surface area contributed by atoms with Gasteiger partial charge in [-0.3, -0.25) is 0 Å². The first-order valence-corrected chi connectivity index (χ1v) is 8.38. The van der Waals surface area contributed by atoms with Crippen molar-refractivity contribution in [3.05, 3.63) is 29.6 Å². The Balaban J connectivity index is 2.30. The van der Waals surface area contributed by atoms with Gasteiger partial charge >= 0.3 is 0 Å². The van der Waals surface area contributed by atoms with Gasteiger partial charge in [0.15, 0.2) is 0 Å². The monoisotopic (exact) mass is 300 g/mol. The van der Waals surface area contributed by atoms with Crippen molar-refractivity contribution in [3.63, 3.8) is 0 Å². The van der Waals surface area contributed by atoms with E-state index >= 15 is 0 Å². The minimum Gasteiger partial charge on any atom is -0.313 e. The summed E-state index contributed by atoms with van der Waals surface area (Å²) in [6.07, 6.45) is 2.73. The van der Waals surface area contributed by atoms with Crippen molar-refractivity contribution >= 4 is 10.0 Å². The Labute approximate surface area is 120 Å². The molecule has 1 saturated carbocycles. The summed E-state index contributed by atoms with van der Waals surface area (Å²) in [7, 11) is -2.04. The van der Waals surface area contributed by atoms with E-state index < -0.39 is 15.8 Å². The fraction of sp³-hybridized carbons (Fsp3) is 0.571. The molecule has 20 heavy (non-hydrogen) atoms. The first-order valence-electron chi connectivity index (χ1n) is 6.94. The van der Waals surface area contributed by atoms with E-state index in [0.29, 0.717) is 12.1 Å². The molecule has 0 atom stereocenters. The van der Waals surface area contributed by atoms with Gasteiger partial charge in [0.05, 0.1) is 4.90 Å². The molecule has 0 aliphatic heterocycles. The highest BCUT2D eigenvalue weighted by Crippen LogP contribution is 2.31. The summed E-state index contributed by atoms with van der Waals surface area (Å²) in [6, 6.07) is 4.04. The SMILES string of the molecule is CCCNCc1ccc(F)cc1S(=O)(=O)N(C)C1CC1. The van der Waals surface area contributed by atoms with Gasteiger partial charge in [-0.25, -0.2) is 12.8 Å². The molecule has 0 saturated heterocycles. The summed E-state index contributed by atoms with van der Waals surface area (Å²) in [6.45, 7) is 3.27. The minimum absolute atomic E-state index is 0.0692. The third-order valence-electron chi connectivity index (χ3n) is 3.49. The molecule has 6 heteroatoms. The number of nitrogens with zero attached hydrogens (tertiary/aromatic N) is 1. The van der Waals surface area contributed by atoms with Crippen LogP contribution in [0.3, 0.4) is 0 Å². The molecule has 1 aromatic carbocycles. The van der Waals surface area contributed by atoms with Crippen LogP contribution < -0.4 is 5.32 Å². The number of hydrogen-bond acceptors (Lipinski definition) is 3. The molecular formula is C14H21FN2O2S. The molecule has 1 fully saturated rings. The average molecular weight is 300 g/mol. The first-order chi connectivity index (χ1) is 9.46. The molecule has 1 N–H and O–H groups in total. The van der Waals surface area contributed by atoms with Crippen LogP contribution in [0.2, 0.25) is 0 Å². The van der Waals surface area contributed by atoms with Gasteiger partial charge in [0.25, 0.3) is 0 Å². The van der Waals surface area contributed by atoms with Gasteiger partial charge in [-0.1, -0.05) is 13.0 Å². The Morgan fingerprint density at radius 1 is 1.40 bits per heavy atom. The van der Waals surface area contributed by atoms with Crippen LogP contribution in [0.5, 0.6) is 0 Å². The second-order valence-electron chi connectivity index (χ2n) is 5.18. The van der Waals surface area contributed by atoms with Crippen LogP contribution in [-0.2, 0) is 16.6 Å². The molecule has 0 spiro atoms. The lowest BCUT2D eigenvalue weighted by Crippen LogP contribution is -2.30. The van der Waals surface area contributed by atoms with Gasteiger partial charge in [-0.2, -0.15) is 4.31 Å². The van der Waals surface area contributed by atoms with E-state index in [0.717, 1.165) is 31.9 Å². The predicted molar refractivity (Wildman–Crippen MR) is 76.4 cm³/mol. The molecule has 0 unspecified atom stereocenters. The summed E-state index contributed by atoms with van der Waals surface area (Å²) in [4.78, 5) is 0.0792. The molecule has 0 amide bonds. The van der Waals surface area contributed by atoms with Crippen molar-refractivity contribution in [2.24, 2.45) is 0 Å². The van der Waals surface area contributed by atoms with Gasteiger partial charge in [0, 0.05) is 19.6 Å². The summed E-state index contributed by atoms with van der Waals surface area (Å²) in [5.74, 6) is -0.521. The molecule has 1 aromatic rings. The van der Waals surface area contributed by atoms with E-state index in [9.17, 15) is 12.8 Å². The zero-order valence-corrected chi connectivity index (χ0v) is 12.7. The van der Waals surface area contributed by atoms with E-state index in [-0.39, 0.29) is 10.9 Å². The molecule has 1 aliphatic rings. The van der Waals surface area contributed by atoms with E-state index in [2.05, 4.69) is 5.32 Å². The topological polar surface area (TPSA) is 49.4 Å². The third kappa shape index (κ3) is 3.37. The van der Waals surface area contributed by atoms with E-state index in [1.165, 1.54) is 10.4 Å². The van der Waals surface area contributed by atoms with Gasteiger partial charge < -0.3 is 5.32 Å². The fourth-order valence-electron chi connectivity index (χ4n) is 2.10. The van der Waals surface area contributed by atoms with Crippen LogP contribution in [0.25, 0.3) is 0 Å². The average Bonchev–Trinajstić information content (AvgIpc) is 3.24. The largest absolute Gasteiger partial charge is 0.313 e. The maximum Gasteiger partial charge on any atom is 0.243 e. The minimum atomic E-state index is -3.61. The molecule has 0 aromatic heterocycles. The molecule has 112 valence electrons. The number of benzene rings is 1. The predicted octanol–water partition coefficient (Wildman–Crippen LogP) is 2.11. The van der Waals surface area contributed by atoms with Crippen LogP contribution in [0.1, 0.15) is 31.7 Å². The lowest BCUT2D eigenvalue weighted by Gasteiger charge is -2.19. The van der Waals surface area contributed by atoms with E-state index in [1.54, 1.807) is 13.1 Å². The fourth-order valence-corrected chi connectivity index (χ4v) is 3.75. The lowest BCUT2D eigenvalue weighted by molar-refractivity contribution is 0.462. The number of halogens is 1. The Kier molecular flexibility index (Phi) is 4.78. The molecule has 0 bridgehead atoms. The van der Waals surface area contributed by atoms with E-state index in [1.807, 2.05) is 6.92 Å². The standard InChI is InChI=1S/C14H21FN2O2S/c1-3-8-16-10-11-4-5-12(15)9-14(11)20(18,19)17(2)13-6-7-13/h4-5,9,13,16H,3,6-8,10H2,1-2H3. The van der Waals surface area contributed by atoms with Gasteiger partial charge in [0.1, 0.15) is 5.82 Å². The summed E-state index contributed by atoms with van der Waals surface area (Å²) >= 11 is 0. The van der Waals surface area contributed by atoms with Gasteiger partial charge in [-0.05, 0) is 43.5 Å². The zero-order chi connectivity index (χ0) is 14.8. The van der Waals surface area contributed by atoms with Crippen LogP contribution in [0, 0.1) is 5.82 Å². The molecule has 0 radical (unpaired) electrons. The van der Waals surface area contributed by atoms with Crippen molar-refractivity contribution in [1.29, 1.82) is 0 Å². The van der Waals surface area contributed by atoms with Crippen LogP contribution in [-0.4, -0.2) is 32.4 Å². The zero-order valence-electron chi connectivity index (χ0n) is 11.9. The molecule has 4 nitrogen and oxygen atoms in total. The van der Waals surface area contributed by atoms with Crippen molar-refractivity contribution < 1.29 is 12.8 Å². The van der Waals surface area contributed by atoms with Crippen molar-refractivity contribution in [1.82, 2.24) is 9.62 Å². The van der Waals surface area contributed by atoms with Crippen molar-refractivity contribution in [2.45, 2.75) is 43.7 Å². The van der Waals surface area contributed by atoms with Crippen molar-refractivity contribution in [2.75, 3.05) is 13.6 Å². The van der Waals surface area contributed by atoms with Crippen LogP contribution in [0.15, 0.2) is 23.1 Å². The Morgan fingerprint density at radius 3 is 2.70 bits per heavy atom. The summed E-state index contributed by atoms with van der Waals surface area (Å²) < 4.78 is 39.9. The molecular weight excluding hydrogens is 279 g/mol. The van der Waals surface area contributed by atoms with E-state index in [4.69, 9.17) is 0 Å². The normalized spacial score (nSPS) is 15.8. The first kappa shape index (κ1) is 15.4. The maximum absolute atomic E-state index is 13.4. The maximum atomic E-state index is 13.4. The number of hydrogen-bond donors (Lipinski definition) is 1. The summed E-state index contributed by atoms with van der Waals surface area (Å²) in [5, 5.41) is 3.16. The van der Waals surface area contributed by atoms with Gasteiger partial charge in [-0.15, -0.1) is 0 Å². The number of rotatable bonds is 7. The lowest BCUT2D eigenvalue weighted by atomic mass is 10.2. The Bertz CT molecular complexity index is 571. The quantitative estimate of drug-likeness (QED) is 0.785. The second-order valence-corrected chi connectivity index (χ2v) is 7.15. The second kappa shape index (κ2) is 6.20. The third-order valence-corrected chi connectivity index (χ3v) is 5.48. The van der Waals surface area contributed by atoms with Crippen LogP contribution in [0.4, 0.5) is 4.39 Å². The smallest absolute Gasteiger partial charge is 0.243 e. The van der Waals surface area contributed by atoms with Crippen LogP contribution >= 0.6 is 0 Å². The summed E-state index contributed by atoms with van der Waals surface area (Å²) in [5.41, 5.74) is 0.618. The molecule has 2 rings (SSSR count). The Morgan fingerprint density at radius 2 is 2.10 bits per heavy atom. The Hall–Kier alpha value is -0.980. The number of nitrogens with one attached hydrogen (secondary N) is 1. The van der Waals surface area contributed by atoms with Gasteiger partial charge in [0.2, 0.25) is 10.0 Å². The highest BCUT2D eigenvalue weighted by Gasteiger charge is 2.36. The number of sulfonamides is 1. The molecule has 0 heterocycles. The molecule has 1 aliphatic carbocycles. The highest BCUT2D eigenvalue weighted by molar-refractivity contribution is 7.89.